The molecule has 1 fully saturated rings. The molecule has 0 bridgehead atoms. The summed E-state index contributed by atoms with van der Waals surface area (Å²) in [6.45, 7) is 6.40. The van der Waals surface area contributed by atoms with E-state index in [2.05, 4.69) is 17.1 Å². The lowest BCUT2D eigenvalue weighted by atomic mass is 10.1. The van der Waals surface area contributed by atoms with Crippen molar-refractivity contribution in [3.63, 3.8) is 0 Å². The van der Waals surface area contributed by atoms with Gasteiger partial charge in [-0.1, -0.05) is 25.5 Å². The standard InChI is InChI=1S/C15H23N3O2/c1-13(12-17-9-5-2-6-10-17)11-16-14-7-3-4-8-15(14)18(19)20/h3-4,7-8,13,16H,2,5-6,9-12H2,1H3. The molecule has 1 aliphatic heterocycles. The summed E-state index contributed by atoms with van der Waals surface area (Å²) in [7, 11) is 0. The number of piperidine rings is 1. The molecular formula is C15H23N3O2. The van der Waals surface area contributed by atoms with Crippen LogP contribution in [-0.4, -0.2) is 36.0 Å². The van der Waals surface area contributed by atoms with Gasteiger partial charge in [0.2, 0.25) is 0 Å². The third kappa shape index (κ3) is 4.20. The van der Waals surface area contributed by atoms with Crippen LogP contribution < -0.4 is 5.32 Å². The molecule has 0 aliphatic carbocycles. The number of para-hydroxylation sites is 2. The minimum atomic E-state index is -0.336. The summed E-state index contributed by atoms with van der Waals surface area (Å²) in [6.07, 6.45) is 3.94. The first-order valence-electron chi connectivity index (χ1n) is 7.36. The van der Waals surface area contributed by atoms with E-state index in [1.165, 1.54) is 38.4 Å². The van der Waals surface area contributed by atoms with Gasteiger partial charge in [-0.15, -0.1) is 0 Å². The second kappa shape index (κ2) is 7.24. The van der Waals surface area contributed by atoms with Crippen LogP contribution in [0.1, 0.15) is 26.2 Å². The van der Waals surface area contributed by atoms with Crippen LogP contribution >= 0.6 is 0 Å². The highest BCUT2D eigenvalue weighted by atomic mass is 16.6. The van der Waals surface area contributed by atoms with E-state index >= 15 is 0 Å². The van der Waals surface area contributed by atoms with Gasteiger partial charge in [-0.3, -0.25) is 10.1 Å². The molecule has 0 radical (unpaired) electrons. The van der Waals surface area contributed by atoms with Crippen LogP contribution in [-0.2, 0) is 0 Å². The van der Waals surface area contributed by atoms with Gasteiger partial charge in [-0.25, -0.2) is 0 Å². The number of nitro groups is 1. The highest BCUT2D eigenvalue weighted by molar-refractivity contribution is 5.61. The van der Waals surface area contributed by atoms with Crippen molar-refractivity contribution >= 4 is 11.4 Å². The lowest BCUT2D eigenvalue weighted by Gasteiger charge is -2.29. The summed E-state index contributed by atoms with van der Waals surface area (Å²) in [4.78, 5) is 13.1. The normalized spacial score (nSPS) is 17.6. The number of hydrogen-bond acceptors (Lipinski definition) is 4. The first-order chi connectivity index (χ1) is 9.66. The van der Waals surface area contributed by atoms with Crippen molar-refractivity contribution in [1.29, 1.82) is 0 Å². The van der Waals surface area contributed by atoms with Crippen LogP contribution in [0.4, 0.5) is 11.4 Å². The van der Waals surface area contributed by atoms with Gasteiger partial charge in [0, 0.05) is 19.2 Å². The second-order valence-electron chi connectivity index (χ2n) is 5.62. The predicted molar refractivity (Wildman–Crippen MR) is 81.0 cm³/mol. The quantitative estimate of drug-likeness (QED) is 0.641. The Morgan fingerprint density at radius 3 is 2.70 bits per heavy atom. The van der Waals surface area contributed by atoms with E-state index in [1.54, 1.807) is 12.1 Å². The van der Waals surface area contributed by atoms with Crippen LogP contribution in [0.3, 0.4) is 0 Å². The van der Waals surface area contributed by atoms with Crippen molar-refractivity contribution in [1.82, 2.24) is 4.90 Å². The molecule has 20 heavy (non-hydrogen) atoms. The number of likely N-dealkylation sites (tertiary alicyclic amines) is 1. The minimum absolute atomic E-state index is 0.151. The van der Waals surface area contributed by atoms with E-state index in [1.807, 2.05) is 6.07 Å². The van der Waals surface area contributed by atoms with Crippen molar-refractivity contribution in [2.24, 2.45) is 5.92 Å². The van der Waals surface area contributed by atoms with Gasteiger partial charge in [0.15, 0.2) is 0 Å². The molecule has 1 aliphatic rings. The number of anilines is 1. The molecular weight excluding hydrogens is 254 g/mol. The van der Waals surface area contributed by atoms with Crippen LogP contribution in [0, 0.1) is 16.0 Å². The highest BCUT2D eigenvalue weighted by Crippen LogP contribution is 2.23. The number of nitrogens with one attached hydrogen (secondary N) is 1. The Kier molecular flexibility index (Phi) is 5.35. The highest BCUT2D eigenvalue weighted by Gasteiger charge is 2.15. The fraction of sp³-hybridized carbons (Fsp3) is 0.600. The zero-order valence-electron chi connectivity index (χ0n) is 12.0. The molecule has 110 valence electrons. The Balaban J connectivity index is 1.83. The lowest BCUT2D eigenvalue weighted by Crippen LogP contribution is -2.35. The topological polar surface area (TPSA) is 58.4 Å². The predicted octanol–water partition coefficient (Wildman–Crippen LogP) is 3.13. The summed E-state index contributed by atoms with van der Waals surface area (Å²) in [5.41, 5.74) is 0.765. The molecule has 1 N–H and O–H groups in total. The summed E-state index contributed by atoms with van der Waals surface area (Å²) in [5.74, 6) is 0.480. The van der Waals surface area contributed by atoms with Crippen LogP contribution in [0.15, 0.2) is 24.3 Å². The lowest BCUT2D eigenvalue weighted by molar-refractivity contribution is -0.384. The molecule has 1 unspecified atom stereocenters. The molecule has 1 heterocycles. The third-order valence-electron chi connectivity index (χ3n) is 3.76. The van der Waals surface area contributed by atoms with E-state index in [0.29, 0.717) is 11.6 Å². The van der Waals surface area contributed by atoms with Gasteiger partial charge in [0.25, 0.3) is 5.69 Å². The van der Waals surface area contributed by atoms with Crippen LogP contribution in [0.5, 0.6) is 0 Å². The van der Waals surface area contributed by atoms with Crippen molar-refractivity contribution in [2.75, 3.05) is 31.5 Å². The van der Waals surface area contributed by atoms with Gasteiger partial charge in [-0.2, -0.15) is 0 Å². The van der Waals surface area contributed by atoms with Crippen molar-refractivity contribution in [2.45, 2.75) is 26.2 Å². The minimum Gasteiger partial charge on any atom is -0.379 e. The summed E-state index contributed by atoms with van der Waals surface area (Å²) in [5, 5.41) is 14.2. The molecule has 1 aromatic carbocycles. The van der Waals surface area contributed by atoms with E-state index in [9.17, 15) is 10.1 Å². The SMILES string of the molecule is CC(CNc1ccccc1[N+](=O)[O-])CN1CCCCC1. The van der Waals surface area contributed by atoms with Crippen molar-refractivity contribution in [3.8, 4) is 0 Å². The van der Waals surface area contributed by atoms with Gasteiger partial charge >= 0.3 is 0 Å². The molecule has 1 atom stereocenters. The van der Waals surface area contributed by atoms with E-state index in [4.69, 9.17) is 0 Å². The fourth-order valence-corrected chi connectivity index (χ4v) is 2.71. The molecule has 5 heteroatoms. The van der Waals surface area contributed by atoms with E-state index in [-0.39, 0.29) is 10.6 Å². The Hall–Kier alpha value is -1.62. The maximum Gasteiger partial charge on any atom is 0.292 e. The molecule has 5 nitrogen and oxygen atoms in total. The Morgan fingerprint density at radius 2 is 2.00 bits per heavy atom. The van der Waals surface area contributed by atoms with E-state index in [0.717, 1.165) is 13.1 Å². The zero-order chi connectivity index (χ0) is 14.4. The molecule has 0 aromatic heterocycles. The summed E-state index contributed by atoms with van der Waals surface area (Å²) < 4.78 is 0. The second-order valence-corrected chi connectivity index (χ2v) is 5.62. The molecule has 0 amide bonds. The largest absolute Gasteiger partial charge is 0.379 e. The first-order valence-corrected chi connectivity index (χ1v) is 7.36. The first kappa shape index (κ1) is 14.8. The summed E-state index contributed by atoms with van der Waals surface area (Å²) >= 11 is 0. The molecule has 2 rings (SSSR count). The maximum absolute atomic E-state index is 10.9. The number of nitro benzene ring substituents is 1. The van der Waals surface area contributed by atoms with E-state index < -0.39 is 0 Å². The van der Waals surface area contributed by atoms with Gasteiger partial charge in [-0.05, 0) is 37.9 Å². The van der Waals surface area contributed by atoms with Crippen LogP contribution in [0.25, 0.3) is 0 Å². The molecule has 0 saturated carbocycles. The van der Waals surface area contributed by atoms with Crippen LogP contribution in [0.2, 0.25) is 0 Å². The van der Waals surface area contributed by atoms with Gasteiger partial charge in [0.05, 0.1) is 4.92 Å². The summed E-state index contributed by atoms with van der Waals surface area (Å²) in [6, 6.07) is 6.83. The number of benzene rings is 1. The van der Waals surface area contributed by atoms with Gasteiger partial charge < -0.3 is 10.2 Å². The number of nitrogens with zero attached hydrogens (tertiary/aromatic N) is 2. The number of hydrogen-bond donors (Lipinski definition) is 1. The molecule has 1 aromatic rings. The van der Waals surface area contributed by atoms with Crippen molar-refractivity contribution in [3.05, 3.63) is 34.4 Å². The Morgan fingerprint density at radius 1 is 1.30 bits per heavy atom. The Labute approximate surface area is 120 Å². The maximum atomic E-state index is 10.9. The van der Waals surface area contributed by atoms with Gasteiger partial charge in [0.1, 0.15) is 5.69 Å². The Bertz CT molecular complexity index is 444. The average molecular weight is 277 g/mol. The molecule has 1 saturated heterocycles. The van der Waals surface area contributed by atoms with Crippen molar-refractivity contribution < 1.29 is 4.92 Å². The third-order valence-corrected chi connectivity index (χ3v) is 3.76. The average Bonchev–Trinajstić information content (AvgIpc) is 2.46. The number of rotatable bonds is 6. The monoisotopic (exact) mass is 277 g/mol. The fourth-order valence-electron chi connectivity index (χ4n) is 2.71. The zero-order valence-corrected chi connectivity index (χ0v) is 12.0. The molecule has 0 spiro atoms. The smallest absolute Gasteiger partial charge is 0.292 e.